The molecule has 1 N–H and O–H groups in total. The van der Waals surface area contributed by atoms with Crippen molar-refractivity contribution in [1.29, 1.82) is 0 Å². The van der Waals surface area contributed by atoms with Gasteiger partial charge in [-0.25, -0.2) is 24.9 Å². The summed E-state index contributed by atoms with van der Waals surface area (Å²) in [6.07, 6.45) is 8.42. The van der Waals surface area contributed by atoms with Gasteiger partial charge >= 0.3 is 0 Å². The van der Waals surface area contributed by atoms with Crippen LogP contribution in [0.15, 0.2) is 34.9 Å². The Morgan fingerprint density at radius 1 is 1.16 bits per heavy atom. The molecule has 1 aliphatic carbocycles. The first-order valence-electron chi connectivity index (χ1n) is 11.1. The third kappa shape index (κ3) is 3.49. The van der Waals surface area contributed by atoms with E-state index in [2.05, 4.69) is 50.6 Å². The van der Waals surface area contributed by atoms with Gasteiger partial charge in [-0.1, -0.05) is 13.8 Å². The summed E-state index contributed by atoms with van der Waals surface area (Å²) in [6.45, 7) is 10.1. The van der Waals surface area contributed by atoms with E-state index in [1.165, 1.54) is 16.9 Å². The molecule has 31 heavy (non-hydrogen) atoms. The molecule has 0 bridgehead atoms. The van der Waals surface area contributed by atoms with Crippen LogP contribution in [0.5, 0.6) is 0 Å². The number of hydrogen-bond donors (Lipinski definition) is 1. The number of rotatable bonds is 5. The van der Waals surface area contributed by atoms with Crippen LogP contribution in [0.3, 0.4) is 0 Å². The SMILES string of the molecule is CCn1c(-c2cnc(C)nc2)nc2c(NC3CCC4=C(C3)C(C(C)C)=NC4)ncnc21. The predicted octanol–water partition coefficient (Wildman–Crippen LogP) is 3.98. The fraction of sp³-hybridized carbons (Fsp3) is 0.478. The minimum Gasteiger partial charge on any atom is -0.365 e. The highest BCUT2D eigenvalue weighted by Crippen LogP contribution is 2.34. The van der Waals surface area contributed by atoms with Gasteiger partial charge in [0, 0.05) is 30.7 Å². The van der Waals surface area contributed by atoms with Gasteiger partial charge in [0.2, 0.25) is 0 Å². The molecule has 0 aromatic carbocycles. The molecular formula is C23H28N8. The van der Waals surface area contributed by atoms with E-state index in [1.807, 2.05) is 19.3 Å². The van der Waals surface area contributed by atoms with Crippen LogP contribution in [0.25, 0.3) is 22.6 Å². The van der Waals surface area contributed by atoms with Gasteiger partial charge in [0.05, 0.1) is 12.1 Å². The van der Waals surface area contributed by atoms with Gasteiger partial charge in [-0.2, -0.15) is 0 Å². The minimum atomic E-state index is 0.317. The average Bonchev–Trinajstić information content (AvgIpc) is 3.36. The molecule has 0 amide bonds. The van der Waals surface area contributed by atoms with Crippen LogP contribution in [-0.4, -0.2) is 47.8 Å². The summed E-state index contributed by atoms with van der Waals surface area (Å²) < 4.78 is 2.10. The Labute approximate surface area is 182 Å². The summed E-state index contributed by atoms with van der Waals surface area (Å²) >= 11 is 0. The first kappa shape index (κ1) is 19.8. The summed E-state index contributed by atoms with van der Waals surface area (Å²) in [4.78, 5) is 27.5. The Hall–Kier alpha value is -3.16. The maximum Gasteiger partial charge on any atom is 0.165 e. The molecule has 160 valence electrons. The number of aromatic nitrogens is 6. The molecule has 1 unspecified atom stereocenters. The lowest BCUT2D eigenvalue weighted by Crippen LogP contribution is -2.27. The van der Waals surface area contributed by atoms with Crippen molar-refractivity contribution >= 4 is 22.7 Å². The van der Waals surface area contributed by atoms with Gasteiger partial charge < -0.3 is 9.88 Å². The molecule has 0 fully saturated rings. The quantitative estimate of drug-likeness (QED) is 0.676. The molecule has 1 aliphatic heterocycles. The summed E-state index contributed by atoms with van der Waals surface area (Å²) in [6, 6.07) is 0.317. The van der Waals surface area contributed by atoms with Crippen LogP contribution in [0.2, 0.25) is 0 Å². The maximum absolute atomic E-state index is 4.92. The largest absolute Gasteiger partial charge is 0.365 e. The van der Waals surface area contributed by atoms with E-state index >= 15 is 0 Å². The number of anilines is 1. The van der Waals surface area contributed by atoms with Crippen molar-refractivity contribution in [2.24, 2.45) is 10.9 Å². The van der Waals surface area contributed by atoms with Crippen molar-refractivity contribution < 1.29 is 0 Å². The second-order valence-electron chi connectivity index (χ2n) is 8.62. The van der Waals surface area contributed by atoms with Crippen LogP contribution in [-0.2, 0) is 6.54 Å². The van der Waals surface area contributed by atoms with E-state index in [0.29, 0.717) is 12.0 Å². The van der Waals surface area contributed by atoms with Crippen molar-refractivity contribution in [1.82, 2.24) is 29.5 Å². The first-order valence-corrected chi connectivity index (χ1v) is 11.1. The van der Waals surface area contributed by atoms with Crippen LogP contribution in [0.1, 0.15) is 45.9 Å². The molecule has 8 heteroatoms. The van der Waals surface area contributed by atoms with Crippen molar-refractivity contribution in [2.75, 3.05) is 11.9 Å². The van der Waals surface area contributed by atoms with Crippen molar-refractivity contribution in [3.05, 3.63) is 35.7 Å². The van der Waals surface area contributed by atoms with Gasteiger partial charge in [0.15, 0.2) is 17.0 Å². The number of imidazole rings is 1. The summed E-state index contributed by atoms with van der Waals surface area (Å²) in [5.74, 6) is 2.82. The lowest BCUT2D eigenvalue weighted by molar-refractivity contribution is 0.611. The molecule has 3 aromatic rings. The lowest BCUT2D eigenvalue weighted by atomic mass is 9.85. The molecule has 0 saturated carbocycles. The minimum absolute atomic E-state index is 0.317. The van der Waals surface area contributed by atoms with Gasteiger partial charge in [-0.3, -0.25) is 4.99 Å². The van der Waals surface area contributed by atoms with E-state index in [0.717, 1.165) is 66.5 Å². The van der Waals surface area contributed by atoms with E-state index in [-0.39, 0.29) is 0 Å². The van der Waals surface area contributed by atoms with Gasteiger partial charge in [-0.15, -0.1) is 0 Å². The fourth-order valence-corrected chi connectivity index (χ4v) is 4.65. The normalized spacial score (nSPS) is 18.6. The van der Waals surface area contributed by atoms with Crippen molar-refractivity contribution in [2.45, 2.75) is 59.5 Å². The predicted molar refractivity (Wildman–Crippen MR) is 122 cm³/mol. The Balaban J connectivity index is 1.47. The summed E-state index contributed by atoms with van der Waals surface area (Å²) in [5, 5.41) is 3.67. The van der Waals surface area contributed by atoms with Gasteiger partial charge in [0.1, 0.15) is 18.0 Å². The number of hydrogen-bond acceptors (Lipinski definition) is 7. The number of aryl methyl sites for hydroxylation is 2. The molecule has 4 heterocycles. The molecule has 1 atom stereocenters. The van der Waals surface area contributed by atoms with Crippen molar-refractivity contribution in [3.63, 3.8) is 0 Å². The molecule has 0 spiro atoms. The van der Waals surface area contributed by atoms with Crippen LogP contribution >= 0.6 is 0 Å². The van der Waals surface area contributed by atoms with Crippen molar-refractivity contribution in [3.8, 4) is 11.4 Å². The number of nitrogens with zero attached hydrogens (tertiary/aromatic N) is 7. The highest BCUT2D eigenvalue weighted by atomic mass is 15.2. The molecule has 8 nitrogen and oxygen atoms in total. The Morgan fingerprint density at radius 2 is 1.97 bits per heavy atom. The molecule has 0 radical (unpaired) electrons. The van der Waals surface area contributed by atoms with Gasteiger partial charge in [-0.05, 0) is 50.2 Å². The Morgan fingerprint density at radius 3 is 2.71 bits per heavy atom. The van der Waals surface area contributed by atoms with Crippen LogP contribution < -0.4 is 5.32 Å². The number of nitrogens with one attached hydrogen (secondary N) is 1. The second kappa shape index (κ2) is 7.83. The van der Waals surface area contributed by atoms with Crippen LogP contribution in [0, 0.1) is 12.8 Å². The highest BCUT2D eigenvalue weighted by molar-refractivity contribution is 6.04. The summed E-state index contributed by atoms with van der Waals surface area (Å²) in [5.41, 5.74) is 6.77. The average molecular weight is 417 g/mol. The highest BCUT2D eigenvalue weighted by Gasteiger charge is 2.29. The first-order chi connectivity index (χ1) is 15.0. The zero-order valence-corrected chi connectivity index (χ0v) is 18.6. The summed E-state index contributed by atoms with van der Waals surface area (Å²) in [7, 11) is 0. The topological polar surface area (TPSA) is 93.8 Å². The standard InChI is InChI=1S/C23H28N8/c1-5-31-22(16-10-24-14(4)25-11-16)30-20-21(27-12-28-23(20)31)29-17-7-6-15-9-26-19(13(2)3)18(15)8-17/h10-13,17H,5-9H2,1-4H3,(H,27,28,29). The smallest absolute Gasteiger partial charge is 0.165 e. The molecule has 3 aromatic heterocycles. The second-order valence-corrected chi connectivity index (χ2v) is 8.62. The Bertz CT molecular complexity index is 1190. The molecule has 5 rings (SSSR count). The molecule has 2 aliphatic rings. The Kier molecular flexibility index (Phi) is 5.00. The number of fused-ring (bicyclic) bond motifs is 1. The van der Waals surface area contributed by atoms with E-state index in [9.17, 15) is 0 Å². The zero-order chi connectivity index (χ0) is 21.5. The van der Waals surface area contributed by atoms with Gasteiger partial charge in [0.25, 0.3) is 0 Å². The zero-order valence-electron chi connectivity index (χ0n) is 18.6. The fourth-order valence-electron chi connectivity index (χ4n) is 4.65. The van der Waals surface area contributed by atoms with Crippen LogP contribution in [0.4, 0.5) is 5.82 Å². The monoisotopic (exact) mass is 416 g/mol. The third-order valence-electron chi connectivity index (χ3n) is 6.20. The van der Waals surface area contributed by atoms with E-state index < -0.39 is 0 Å². The maximum atomic E-state index is 4.92. The number of aliphatic imine (C=N–C) groups is 1. The van der Waals surface area contributed by atoms with E-state index in [1.54, 1.807) is 6.33 Å². The third-order valence-corrected chi connectivity index (χ3v) is 6.20. The lowest BCUT2D eigenvalue weighted by Gasteiger charge is -2.26. The molecule has 0 saturated heterocycles. The van der Waals surface area contributed by atoms with E-state index in [4.69, 9.17) is 9.98 Å². The molecular weight excluding hydrogens is 388 g/mol.